The molecule has 2 N–H and O–H groups in total. The van der Waals surface area contributed by atoms with Crippen LogP contribution >= 0.6 is 0 Å². The number of aromatic nitrogens is 2. The van der Waals surface area contributed by atoms with Gasteiger partial charge in [-0.2, -0.15) is 31.4 Å². The van der Waals surface area contributed by atoms with Crippen molar-refractivity contribution in [3.05, 3.63) is 77.1 Å². The normalized spacial score (nSPS) is 11.8. The quantitative estimate of drug-likeness (QED) is 0.432. The average Bonchev–Trinajstić information content (AvgIpc) is 3.23. The highest BCUT2D eigenvalue weighted by Gasteiger charge is 2.41. The van der Waals surface area contributed by atoms with Gasteiger partial charge in [0.2, 0.25) is 0 Å². The van der Waals surface area contributed by atoms with E-state index in [-0.39, 0.29) is 10.2 Å². The van der Waals surface area contributed by atoms with E-state index in [2.05, 4.69) is 5.10 Å². The highest BCUT2D eigenvalue weighted by Crippen LogP contribution is 2.35. The van der Waals surface area contributed by atoms with Crippen LogP contribution < -0.4 is 15.8 Å². The van der Waals surface area contributed by atoms with Crippen LogP contribution in [0.5, 0.6) is 0 Å². The first-order chi connectivity index (χ1) is 15.8. The van der Waals surface area contributed by atoms with Gasteiger partial charge in [-0.15, -0.1) is 0 Å². The van der Waals surface area contributed by atoms with Crippen LogP contribution in [0.2, 0.25) is 0 Å². The molecule has 0 saturated carbocycles. The van der Waals surface area contributed by atoms with Gasteiger partial charge in [0, 0.05) is 25.3 Å². The SMILES string of the molecule is CN(C)c1cccc(C(=O)NNC(=O)c2cnn(-c3cccc(C(F)(F)F)c3)c2C(F)(F)F)c1. The van der Waals surface area contributed by atoms with Crippen molar-refractivity contribution in [1.82, 2.24) is 20.6 Å². The number of hydrogen-bond donors (Lipinski definition) is 2. The molecule has 3 aromatic rings. The first-order valence-corrected chi connectivity index (χ1v) is 9.50. The molecule has 0 aliphatic carbocycles. The number of amides is 2. The maximum Gasteiger partial charge on any atom is 0.434 e. The van der Waals surface area contributed by atoms with E-state index in [0.29, 0.717) is 24.0 Å². The molecule has 7 nitrogen and oxygen atoms in total. The fraction of sp³-hybridized carbons (Fsp3) is 0.190. The van der Waals surface area contributed by atoms with Crippen LogP contribution in [0.25, 0.3) is 5.69 Å². The van der Waals surface area contributed by atoms with Gasteiger partial charge in [-0.05, 0) is 36.4 Å². The standard InChI is InChI=1S/C21H17F6N5O2/c1-31(2)14-7-3-5-12(9-14)18(33)29-30-19(34)16-11-28-32(17(16)21(25,26)27)15-8-4-6-13(10-15)20(22,23)24/h3-11H,1-2H3,(H,29,33)(H,30,34). The van der Waals surface area contributed by atoms with E-state index in [1.165, 1.54) is 12.1 Å². The molecule has 0 aliphatic rings. The second kappa shape index (κ2) is 9.08. The van der Waals surface area contributed by atoms with Crippen LogP contribution in [0.3, 0.4) is 0 Å². The molecular formula is C21H17F6N5O2. The number of halogens is 6. The summed E-state index contributed by atoms with van der Waals surface area (Å²) in [4.78, 5) is 26.4. The molecule has 0 atom stereocenters. The van der Waals surface area contributed by atoms with Crippen molar-refractivity contribution in [2.45, 2.75) is 12.4 Å². The molecule has 34 heavy (non-hydrogen) atoms. The third-order valence-corrected chi connectivity index (χ3v) is 4.61. The molecule has 180 valence electrons. The van der Waals surface area contributed by atoms with Crippen LogP contribution in [0.4, 0.5) is 32.0 Å². The van der Waals surface area contributed by atoms with Gasteiger partial charge in [-0.25, -0.2) is 4.68 Å². The predicted octanol–water partition coefficient (Wildman–Crippen LogP) is 4.05. The van der Waals surface area contributed by atoms with E-state index < -0.39 is 46.7 Å². The number of benzene rings is 2. The number of nitrogens with zero attached hydrogens (tertiary/aromatic N) is 3. The lowest BCUT2D eigenvalue weighted by molar-refractivity contribution is -0.143. The second-order valence-corrected chi connectivity index (χ2v) is 7.22. The zero-order valence-electron chi connectivity index (χ0n) is 17.6. The first kappa shape index (κ1) is 24.6. The van der Waals surface area contributed by atoms with E-state index in [1.54, 1.807) is 31.1 Å². The number of rotatable bonds is 4. The number of hydrogen-bond acceptors (Lipinski definition) is 4. The van der Waals surface area contributed by atoms with E-state index >= 15 is 0 Å². The van der Waals surface area contributed by atoms with Gasteiger partial charge in [0.05, 0.1) is 23.0 Å². The molecule has 0 unspecified atom stereocenters. The van der Waals surface area contributed by atoms with Gasteiger partial charge in [0.15, 0.2) is 5.69 Å². The minimum absolute atomic E-state index is 0.127. The minimum atomic E-state index is -5.15. The molecule has 0 radical (unpaired) electrons. The molecule has 2 aromatic carbocycles. The Morgan fingerprint density at radius 3 is 2.15 bits per heavy atom. The van der Waals surface area contributed by atoms with Crippen molar-refractivity contribution in [3.8, 4) is 5.69 Å². The van der Waals surface area contributed by atoms with Gasteiger partial charge in [0.1, 0.15) is 0 Å². The van der Waals surface area contributed by atoms with Gasteiger partial charge < -0.3 is 4.90 Å². The summed E-state index contributed by atoms with van der Waals surface area (Å²) in [5, 5.41) is 3.46. The Bertz CT molecular complexity index is 1220. The van der Waals surface area contributed by atoms with Crippen LogP contribution in [0, 0.1) is 0 Å². The van der Waals surface area contributed by atoms with Crippen LogP contribution in [-0.4, -0.2) is 35.7 Å². The number of carbonyl (C=O) groups excluding carboxylic acids is 2. The Morgan fingerprint density at radius 1 is 0.882 bits per heavy atom. The van der Waals surface area contributed by atoms with Crippen LogP contribution in [0.15, 0.2) is 54.7 Å². The van der Waals surface area contributed by atoms with Gasteiger partial charge in [-0.1, -0.05) is 12.1 Å². The average molecular weight is 485 g/mol. The summed E-state index contributed by atoms with van der Waals surface area (Å²) in [6.45, 7) is 0. The molecule has 0 aliphatic heterocycles. The Labute approximate surface area is 188 Å². The molecule has 1 aromatic heterocycles. The van der Waals surface area contributed by atoms with Crippen molar-refractivity contribution in [3.63, 3.8) is 0 Å². The molecule has 13 heteroatoms. The number of anilines is 1. The van der Waals surface area contributed by atoms with Crippen molar-refractivity contribution < 1.29 is 35.9 Å². The maximum absolute atomic E-state index is 13.8. The predicted molar refractivity (Wildman–Crippen MR) is 109 cm³/mol. The lowest BCUT2D eigenvalue weighted by atomic mass is 10.1. The minimum Gasteiger partial charge on any atom is -0.378 e. The Kier molecular flexibility index (Phi) is 6.57. The number of hydrazine groups is 1. The molecule has 0 spiro atoms. The van der Waals surface area contributed by atoms with Gasteiger partial charge in [0.25, 0.3) is 11.8 Å². The molecule has 0 saturated heterocycles. The van der Waals surface area contributed by atoms with E-state index in [9.17, 15) is 35.9 Å². The zero-order chi connectivity index (χ0) is 25.3. The van der Waals surface area contributed by atoms with E-state index in [0.717, 1.165) is 12.1 Å². The highest BCUT2D eigenvalue weighted by atomic mass is 19.4. The molecular weight excluding hydrogens is 468 g/mol. The largest absolute Gasteiger partial charge is 0.434 e. The lowest BCUT2D eigenvalue weighted by Gasteiger charge is -2.15. The summed E-state index contributed by atoms with van der Waals surface area (Å²) < 4.78 is 80.4. The Hall–Kier alpha value is -4.03. The summed E-state index contributed by atoms with van der Waals surface area (Å²) in [6.07, 6.45) is -9.39. The fourth-order valence-electron chi connectivity index (χ4n) is 2.98. The number of alkyl halides is 6. The fourth-order valence-corrected chi connectivity index (χ4v) is 2.98. The smallest absolute Gasteiger partial charge is 0.378 e. The molecule has 2 amide bonds. The van der Waals surface area contributed by atoms with Crippen molar-refractivity contribution in [2.24, 2.45) is 0 Å². The second-order valence-electron chi connectivity index (χ2n) is 7.22. The Morgan fingerprint density at radius 2 is 1.53 bits per heavy atom. The summed E-state index contributed by atoms with van der Waals surface area (Å²) >= 11 is 0. The third kappa shape index (κ3) is 5.30. The number of nitrogens with one attached hydrogen (secondary N) is 2. The van der Waals surface area contributed by atoms with Crippen LogP contribution in [-0.2, 0) is 12.4 Å². The van der Waals surface area contributed by atoms with Crippen molar-refractivity contribution in [1.29, 1.82) is 0 Å². The summed E-state index contributed by atoms with van der Waals surface area (Å²) in [5.41, 5.74) is 0.343. The molecule has 0 bridgehead atoms. The van der Waals surface area contributed by atoms with Gasteiger partial charge in [-0.3, -0.25) is 20.4 Å². The monoisotopic (exact) mass is 485 g/mol. The number of carbonyl (C=O) groups is 2. The van der Waals surface area contributed by atoms with Crippen molar-refractivity contribution in [2.75, 3.05) is 19.0 Å². The zero-order valence-corrected chi connectivity index (χ0v) is 17.6. The van der Waals surface area contributed by atoms with Crippen LogP contribution in [0.1, 0.15) is 32.0 Å². The topological polar surface area (TPSA) is 79.3 Å². The summed E-state index contributed by atoms with van der Waals surface area (Å²) in [7, 11) is 3.47. The lowest BCUT2D eigenvalue weighted by Crippen LogP contribution is -2.42. The first-order valence-electron chi connectivity index (χ1n) is 9.50. The molecule has 3 rings (SSSR count). The van der Waals surface area contributed by atoms with E-state index in [1.807, 2.05) is 10.9 Å². The van der Waals surface area contributed by atoms with Crippen molar-refractivity contribution >= 4 is 17.5 Å². The molecule has 1 heterocycles. The highest BCUT2D eigenvalue weighted by molar-refractivity contribution is 6.00. The summed E-state index contributed by atoms with van der Waals surface area (Å²) in [6, 6.07) is 9.29. The summed E-state index contributed by atoms with van der Waals surface area (Å²) in [5.74, 6) is -2.15. The maximum atomic E-state index is 13.8. The van der Waals surface area contributed by atoms with E-state index in [4.69, 9.17) is 0 Å². The molecule has 0 fully saturated rings. The third-order valence-electron chi connectivity index (χ3n) is 4.61. The van der Waals surface area contributed by atoms with Gasteiger partial charge >= 0.3 is 12.4 Å². The Balaban J connectivity index is 1.88.